The predicted octanol–water partition coefficient (Wildman–Crippen LogP) is 2.94. The van der Waals surface area contributed by atoms with Gasteiger partial charge in [-0.25, -0.2) is 4.39 Å². The van der Waals surface area contributed by atoms with Crippen LogP contribution in [0.15, 0.2) is 29.2 Å². The maximum atomic E-state index is 13.6. The summed E-state index contributed by atoms with van der Waals surface area (Å²) < 4.78 is 13.6. The molecule has 0 spiro atoms. The fraction of sp³-hybridized carbons (Fsp3) is 0.650. The molecule has 1 amide bonds. The van der Waals surface area contributed by atoms with Gasteiger partial charge < -0.3 is 4.90 Å². The quantitative estimate of drug-likeness (QED) is 0.710. The van der Waals surface area contributed by atoms with E-state index in [0.717, 1.165) is 62.8 Å². The lowest BCUT2D eigenvalue weighted by atomic mass is 10.0. The second-order valence-corrected chi connectivity index (χ2v) is 8.47. The molecule has 6 heteroatoms. The smallest absolute Gasteiger partial charge is 0.236 e. The summed E-state index contributed by atoms with van der Waals surface area (Å²) in [5.41, 5.74) is 0. The van der Waals surface area contributed by atoms with Crippen LogP contribution in [-0.4, -0.2) is 78.2 Å². The van der Waals surface area contributed by atoms with Gasteiger partial charge in [-0.3, -0.25) is 14.6 Å². The molecule has 1 unspecified atom stereocenters. The van der Waals surface area contributed by atoms with Gasteiger partial charge in [-0.2, -0.15) is 0 Å². The average Bonchev–Trinajstić information content (AvgIpc) is 2.65. The Bertz CT molecular complexity index is 592. The molecule has 2 aliphatic rings. The van der Waals surface area contributed by atoms with Gasteiger partial charge in [-0.15, -0.1) is 11.8 Å². The van der Waals surface area contributed by atoms with Gasteiger partial charge in [-0.1, -0.05) is 12.1 Å². The van der Waals surface area contributed by atoms with Gasteiger partial charge in [0.25, 0.3) is 0 Å². The largest absolute Gasteiger partial charge is 0.339 e. The molecule has 0 aliphatic carbocycles. The van der Waals surface area contributed by atoms with E-state index in [2.05, 4.69) is 21.6 Å². The molecule has 2 saturated heterocycles. The number of amides is 1. The number of benzene rings is 1. The molecule has 0 saturated carbocycles. The number of hydrogen-bond donors (Lipinski definition) is 0. The van der Waals surface area contributed by atoms with E-state index >= 15 is 0 Å². The van der Waals surface area contributed by atoms with Crippen LogP contribution in [0.1, 0.15) is 26.2 Å². The van der Waals surface area contributed by atoms with E-state index in [1.807, 2.05) is 12.1 Å². The standard InChI is InChI=1S/C20H30FN3OS/c1-17-6-4-5-9-24(17)20(25)16-23-12-10-22(11-13-23)14-15-26-19-8-3-2-7-18(19)21/h2-3,7-8,17H,4-6,9-16H2,1H3. The van der Waals surface area contributed by atoms with Crippen LogP contribution in [0.3, 0.4) is 0 Å². The lowest BCUT2D eigenvalue weighted by molar-refractivity contribution is -0.136. The first-order chi connectivity index (χ1) is 12.6. The zero-order chi connectivity index (χ0) is 18.4. The molecule has 2 heterocycles. The molecule has 0 N–H and O–H groups in total. The van der Waals surface area contributed by atoms with Gasteiger partial charge >= 0.3 is 0 Å². The Morgan fingerprint density at radius 3 is 2.58 bits per heavy atom. The van der Waals surface area contributed by atoms with Crippen LogP contribution < -0.4 is 0 Å². The third-order valence-electron chi connectivity index (χ3n) is 5.45. The lowest BCUT2D eigenvalue weighted by Gasteiger charge is -2.38. The van der Waals surface area contributed by atoms with Crippen LogP contribution in [0.4, 0.5) is 4.39 Å². The highest BCUT2D eigenvalue weighted by Gasteiger charge is 2.26. The molecule has 0 radical (unpaired) electrons. The third-order valence-corrected chi connectivity index (χ3v) is 6.48. The Hall–Kier alpha value is -1.11. The van der Waals surface area contributed by atoms with E-state index in [0.29, 0.717) is 18.5 Å². The average molecular weight is 380 g/mol. The molecule has 0 aromatic heterocycles. The van der Waals surface area contributed by atoms with Crippen molar-refractivity contribution < 1.29 is 9.18 Å². The molecule has 2 aliphatic heterocycles. The van der Waals surface area contributed by atoms with Crippen molar-refractivity contribution in [2.24, 2.45) is 0 Å². The summed E-state index contributed by atoms with van der Waals surface area (Å²) in [5, 5.41) is 0. The van der Waals surface area contributed by atoms with Gasteiger partial charge in [0.1, 0.15) is 5.82 Å². The minimum absolute atomic E-state index is 0.132. The normalized spacial score (nSPS) is 22.5. The first-order valence-corrected chi connectivity index (χ1v) is 10.7. The summed E-state index contributed by atoms with van der Waals surface area (Å²) in [5.74, 6) is 1.05. The van der Waals surface area contributed by atoms with Crippen molar-refractivity contribution in [1.29, 1.82) is 0 Å². The molecule has 26 heavy (non-hydrogen) atoms. The van der Waals surface area contributed by atoms with Crippen LogP contribution in [0.5, 0.6) is 0 Å². The first kappa shape index (κ1) is 19.6. The molecule has 4 nitrogen and oxygen atoms in total. The topological polar surface area (TPSA) is 26.8 Å². The Balaban J connectivity index is 1.35. The van der Waals surface area contributed by atoms with Crippen molar-refractivity contribution in [3.63, 3.8) is 0 Å². The van der Waals surface area contributed by atoms with Crippen LogP contribution in [0.2, 0.25) is 0 Å². The number of rotatable bonds is 6. The van der Waals surface area contributed by atoms with Crippen molar-refractivity contribution in [2.45, 2.75) is 37.1 Å². The molecular formula is C20H30FN3OS. The highest BCUT2D eigenvalue weighted by Crippen LogP contribution is 2.21. The highest BCUT2D eigenvalue weighted by molar-refractivity contribution is 7.99. The second-order valence-electron chi connectivity index (χ2n) is 7.33. The van der Waals surface area contributed by atoms with Crippen LogP contribution >= 0.6 is 11.8 Å². The summed E-state index contributed by atoms with van der Waals surface area (Å²) in [6.45, 7) is 8.47. The number of hydrogen-bond acceptors (Lipinski definition) is 4. The summed E-state index contributed by atoms with van der Waals surface area (Å²) in [6, 6.07) is 7.36. The fourth-order valence-corrected chi connectivity index (χ4v) is 4.72. The molecule has 3 rings (SSSR count). The number of nitrogens with zero attached hydrogens (tertiary/aromatic N) is 3. The van der Waals surface area contributed by atoms with Crippen molar-refractivity contribution in [2.75, 3.05) is 51.6 Å². The van der Waals surface area contributed by atoms with Gasteiger partial charge in [0.2, 0.25) is 5.91 Å². The van der Waals surface area contributed by atoms with E-state index in [1.54, 1.807) is 17.8 Å². The van der Waals surface area contributed by atoms with Crippen LogP contribution in [-0.2, 0) is 4.79 Å². The minimum Gasteiger partial charge on any atom is -0.339 e. The molecule has 1 aromatic carbocycles. The molecular weight excluding hydrogens is 349 g/mol. The maximum Gasteiger partial charge on any atom is 0.236 e. The van der Waals surface area contributed by atoms with Crippen molar-refractivity contribution in [3.05, 3.63) is 30.1 Å². The van der Waals surface area contributed by atoms with Crippen molar-refractivity contribution >= 4 is 17.7 Å². The fourth-order valence-electron chi connectivity index (χ4n) is 3.77. The monoisotopic (exact) mass is 379 g/mol. The summed E-state index contributed by atoms with van der Waals surface area (Å²) >= 11 is 1.58. The number of piperazine rings is 1. The van der Waals surface area contributed by atoms with E-state index in [4.69, 9.17) is 0 Å². The number of likely N-dealkylation sites (tertiary alicyclic amines) is 1. The maximum absolute atomic E-state index is 13.6. The number of carbonyl (C=O) groups is 1. The Morgan fingerprint density at radius 2 is 1.85 bits per heavy atom. The van der Waals surface area contributed by atoms with E-state index in [1.165, 1.54) is 12.5 Å². The van der Waals surface area contributed by atoms with E-state index in [9.17, 15) is 9.18 Å². The molecule has 2 fully saturated rings. The van der Waals surface area contributed by atoms with Gasteiger partial charge in [-0.05, 0) is 38.3 Å². The number of carbonyl (C=O) groups excluding carboxylic acids is 1. The first-order valence-electron chi connectivity index (χ1n) is 9.75. The molecule has 1 atom stereocenters. The van der Waals surface area contributed by atoms with E-state index in [-0.39, 0.29) is 5.82 Å². The van der Waals surface area contributed by atoms with Crippen LogP contribution in [0, 0.1) is 5.82 Å². The SMILES string of the molecule is CC1CCCCN1C(=O)CN1CCN(CCSc2ccccc2F)CC1. The number of halogens is 1. The van der Waals surface area contributed by atoms with Gasteiger partial charge in [0.05, 0.1) is 6.54 Å². The summed E-state index contributed by atoms with van der Waals surface area (Å²) in [7, 11) is 0. The zero-order valence-corrected chi connectivity index (χ0v) is 16.5. The number of piperidine rings is 1. The predicted molar refractivity (Wildman–Crippen MR) is 105 cm³/mol. The number of thioether (sulfide) groups is 1. The summed E-state index contributed by atoms with van der Waals surface area (Å²) in [6.07, 6.45) is 3.53. The van der Waals surface area contributed by atoms with E-state index < -0.39 is 0 Å². The molecule has 0 bridgehead atoms. The Morgan fingerprint density at radius 1 is 1.12 bits per heavy atom. The van der Waals surface area contributed by atoms with Crippen LogP contribution in [0.25, 0.3) is 0 Å². The Kier molecular flexibility index (Phi) is 7.34. The van der Waals surface area contributed by atoms with Crippen molar-refractivity contribution in [3.8, 4) is 0 Å². The minimum atomic E-state index is -0.132. The lowest BCUT2D eigenvalue weighted by Crippen LogP contribution is -2.52. The molecule has 1 aromatic rings. The zero-order valence-electron chi connectivity index (χ0n) is 15.7. The second kappa shape index (κ2) is 9.72. The highest BCUT2D eigenvalue weighted by atomic mass is 32.2. The third kappa shape index (κ3) is 5.44. The van der Waals surface area contributed by atoms with Crippen molar-refractivity contribution in [1.82, 2.24) is 14.7 Å². The van der Waals surface area contributed by atoms with Gasteiger partial charge in [0, 0.05) is 56.0 Å². The summed E-state index contributed by atoms with van der Waals surface area (Å²) in [4.78, 5) is 20.0. The Labute approximate surface area is 160 Å². The van der Waals surface area contributed by atoms with Gasteiger partial charge in [0.15, 0.2) is 0 Å². The molecule has 144 valence electrons.